The smallest absolute Gasteiger partial charge is 0.404 e. The summed E-state index contributed by atoms with van der Waals surface area (Å²) in [5.41, 5.74) is 2.02. The Morgan fingerprint density at radius 3 is 2.52 bits per heavy atom. The molecule has 1 aromatic rings. The summed E-state index contributed by atoms with van der Waals surface area (Å²) in [5.74, 6) is -0.361. The van der Waals surface area contributed by atoms with Crippen molar-refractivity contribution in [2.75, 3.05) is 0 Å². The normalized spacial score (nSPS) is 16.7. The lowest BCUT2D eigenvalue weighted by Gasteiger charge is -2.09. The van der Waals surface area contributed by atoms with Crippen LogP contribution in [0.15, 0.2) is 66.0 Å². The van der Waals surface area contributed by atoms with E-state index in [1.807, 2.05) is 50.3 Å². The van der Waals surface area contributed by atoms with Gasteiger partial charge in [-0.2, -0.15) is 0 Å². The van der Waals surface area contributed by atoms with Gasteiger partial charge < -0.3 is 4.74 Å². The Labute approximate surface area is 124 Å². The fraction of sp³-hybridized carbons (Fsp3) is 0.176. The van der Waals surface area contributed by atoms with E-state index in [0.29, 0.717) is 0 Å². The summed E-state index contributed by atoms with van der Waals surface area (Å²) in [5, 5.41) is 0. The molecule has 1 fully saturated rings. The van der Waals surface area contributed by atoms with Gasteiger partial charge in [-0.1, -0.05) is 54.1 Å². The minimum Gasteiger partial charge on any atom is -0.404 e. The van der Waals surface area contributed by atoms with Crippen molar-refractivity contribution in [2.24, 2.45) is 0 Å². The zero-order chi connectivity index (χ0) is 15.2. The number of carbonyl (C=O) groups excluding carboxylic acids is 2. The highest BCUT2D eigenvalue weighted by atomic mass is 16.6. The first-order valence-corrected chi connectivity index (χ1v) is 6.67. The van der Waals surface area contributed by atoms with Crippen molar-refractivity contribution in [1.29, 1.82) is 0 Å². The van der Waals surface area contributed by atoms with Gasteiger partial charge in [0.2, 0.25) is 0 Å². The van der Waals surface area contributed by atoms with E-state index in [-0.39, 0.29) is 12.3 Å². The van der Waals surface area contributed by atoms with Crippen LogP contribution in [0.25, 0.3) is 0 Å². The number of benzene rings is 1. The third-order valence-corrected chi connectivity index (χ3v) is 2.85. The number of rotatable bonds is 4. The molecule has 1 aliphatic rings. The number of hydrogen-bond acceptors (Lipinski definition) is 3. The van der Waals surface area contributed by atoms with Crippen molar-refractivity contribution in [2.45, 2.75) is 20.4 Å². The van der Waals surface area contributed by atoms with Crippen LogP contribution in [-0.4, -0.2) is 16.9 Å². The molecule has 0 atom stereocenters. The number of cyclic esters (lactones) is 1. The maximum atomic E-state index is 12.1. The van der Waals surface area contributed by atoms with Gasteiger partial charge in [-0.15, -0.1) is 0 Å². The summed E-state index contributed by atoms with van der Waals surface area (Å²) in [6.45, 7) is 4.16. The molecule has 1 aliphatic heterocycles. The lowest BCUT2D eigenvalue weighted by atomic mass is 10.2. The van der Waals surface area contributed by atoms with Crippen molar-refractivity contribution in [3.8, 4) is 0 Å². The van der Waals surface area contributed by atoms with E-state index in [4.69, 9.17) is 4.74 Å². The van der Waals surface area contributed by atoms with Crippen LogP contribution in [0.5, 0.6) is 0 Å². The Balaban J connectivity index is 2.08. The second kappa shape index (κ2) is 6.70. The molecule has 0 spiro atoms. The van der Waals surface area contributed by atoms with Gasteiger partial charge in [0, 0.05) is 0 Å². The van der Waals surface area contributed by atoms with Crippen LogP contribution in [0.1, 0.15) is 19.4 Å². The highest BCUT2D eigenvalue weighted by Crippen LogP contribution is 2.19. The molecule has 0 unspecified atom stereocenters. The van der Waals surface area contributed by atoms with Crippen molar-refractivity contribution in [3.63, 3.8) is 0 Å². The molecule has 1 aromatic carbocycles. The number of carbonyl (C=O) groups is 2. The maximum Gasteiger partial charge on any atom is 0.422 e. The van der Waals surface area contributed by atoms with E-state index in [1.54, 1.807) is 12.2 Å². The third-order valence-electron chi connectivity index (χ3n) is 2.85. The van der Waals surface area contributed by atoms with E-state index in [0.717, 1.165) is 16.0 Å². The number of ether oxygens (including phenoxy) is 1. The molecule has 2 rings (SSSR count). The highest BCUT2D eigenvalue weighted by molar-refractivity contribution is 6.07. The van der Waals surface area contributed by atoms with Crippen LogP contribution in [0, 0.1) is 0 Å². The first kappa shape index (κ1) is 14.8. The number of amides is 2. The standard InChI is InChI=1S/C17H17NO3/c1-13(2)8-6-7-11-15-16(19)18(17(20)21-15)12-14-9-4-3-5-10-14/h3-11H,12H2,1-2H3/b7-6+,15-11+. The van der Waals surface area contributed by atoms with Crippen LogP contribution >= 0.6 is 0 Å². The number of hydrogen-bond donors (Lipinski definition) is 0. The van der Waals surface area contributed by atoms with Gasteiger partial charge in [-0.3, -0.25) is 4.79 Å². The first-order valence-electron chi connectivity index (χ1n) is 6.67. The maximum absolute atomic E-state index is 12.1. The van der Waals surface area contributed by atoms with Gasteiger partial charge in [0.25, 0.3) is 5.91 Å². The first-order chi connectivity index (χ1) is 10.1. The third kappa shape index (κ3) is 3.92. The highest BCUT2D eigenvalue weighted by Gasteiger charge is 2.35. The molecule has 2 amide bonds. The quantitative estimate of drug-likeness (QED) is 0.627. The number of imide groups is 1. The van der Waals surface area contributed by atoms with Gasteiger partial charge in [0.1, 0.15) is 0 Å². The zero-order valence-electron chi connectivity index (χ0n) is 12.1. The van der Waals surface area contributed by atoms with E-state index < -0.39 is 12.0 Å². The summed E-state index contributed by atoms with van der Waals surface area (Å²) < 4.78 is 4.99. The van der Waals surface area contributed by atoms with Crippen molar-refractivity contribution >= 4 is 12.0 Å². The van der Waals surface area contributed by atoms with Gasteiger partial charge in [0.05, 0.1) is 6.54 Å². The van der Waals surface area contributed by atoms with Gasteiger partial charge in [-0.05, 0) is 25.5 Å². The van der Waals surface area contributed by atoms with Gasteiger partial charge in [0.15, 0.2) is 5.76 Å². The average molecular weight is 283 g/mol. The molecule has 1 saturated heterocycles. The Morgan fingerprint density at radius 1 is 1.14 bits per heavy atom. The number of nitrogens with zero attached hydrogens (tertiary/aromatic N) is 1. The molecule has 4 heteroatoms. The molecule has 0 aromatic heterocycles. The summed E-state index contributed by atoms with van der Waals surface area (Å²) >= 11 is 0. The lowest BCUT2D eigenvalue weighted by molar-refractivity contribution is -0.123. The molecule has 0 N–H and O–H groups in total. The SMILES string of the molecule is CC(C)=C/C=C/C=C1/OC(=O)N(Cc2ccccc2)C1=O. The Bertz CT molecular complexity index is 623. The molecule has 21 heavy (non-hydrogen) atoms. The molecule has 0 saturated carbocycles. The average Bonchev–Trinajstić information content (AvgIpc) is 2.72. The fourth-order valence-electron chi connectivity index (χ4n) is 1.81. The summed E-state index contributed by atoms with van der Waals surface area (Å²) in [6.07, 6.45) is 6.25. The predicted molar refractivity (Wildman–Crippen MR) is 80.1 cm³/mol. The minimum atomic E-state index is -0.634. The molecule has 0 radical (unpaired) electrons. The summed E-state index contributed by atoms with van der Waals surface area (Å²) in [6, 6.07) is 9.32. The zero-order valence-corrected chi connectivity index (χ0v) is 12.1. The minimum absolute atomic E-state index is 0.0503. The Morgan fingerprint density at radius 2 is 1.86 bits per heavy atom. The topological polar surface area (TPSA) is 46.6 Å². The van der Waals surface area contributed by atoms with Crippen LogP contribution in [-0.2, 0) is 16.1 Å². The van der Waals surface area contributed by atoms with Crippen LogP contribution in [0.2, 0.25) is 0 Å². The van der Waals surface area contributed by atoms with E-state index in [2.05, 4.69) is 0 Å². The second-order valence-corrected chi connectivity index (χ2v) is 4.90. The van der Waals surface area contributed by atoms with Crippen molar-refractivity contribution in [1.82, 2.24) is 4.90 Å². The molecule has 108 valence electrons. The number of allylic oxidation sites excluding steroid dienone is 5. The summed E-state index contributed by atoms with van der Waals surface area (Å²) in [7, 11) is 0. The molecule has 0 aliphatic carbocycles. The fourth-order valence-corrected chi connectivity index (χ4v) is 1.81. The van der Waals surface area contributed by atoms with E-state index >= 15 is 0 Å². The van der Waals surface area contributed by atoms with Crippen LogP contribution < -0.4 is 0 Å². The Kier molecular flexibility index (Phi) is 4.72. The van der Waals surface area contributed by atoms with E-state index in [1.165, 1.54) is 6.08 Å². The molecule has 1 heterocycles. The molecule has 4 nitrogen and oxygen atoms in total. The lowest BCUT2D eigenvalue weighted by Crippen LogP contribution is -2.28. The Hall–Kier alpha value is -2.62. The van der Waals surface area contributed by atoms with Crippen molar-refractivity contribution in [3.05, 3.63) is 71.5 Å². The molecular weight excluding hydrogens is 266 g/mol. The van der Waals surface area contributed by atoms with E-state index in [9.17, 15) is 9.59 Å². The summed E-state index contributed by atoms with van der Waals surface area (Å²) in [4.78, 5) is 25.0. The van der Waals surface area contributed by atoms with Crippen LogP contribution in [0.3, 0.4) is 0 Å². The predicted octanol–water partition coefficient (Wildman–Crippen LogP) is 3.57. The van der Waals surface area contributed by atoms with Gasteiger partial charge >= 0.3 is 6.09 Å². The van der Waals surface area contributed by atoms with Gasteiger partial charge in [-0.25, -0.2) is 9.69 Å². The molecular formula is C17H17NO3. The second-order valence-electron chi connectivity index (χ2n) is 4.90. The molecule has 0 bridgehead atoms. The largest absolute Gasteiger partial charge is 0.422 e. The van der Waals surface area contributed by atoms with Crippen molar-refractivity contribution < 1.29 is 14.3 Å². The monoisotopic (exact) mass is 283 g/mol. The van der Waals surface area contributed by atoms with Crippen LogP contribution in [0.4, 0.5) is 4.79 Å².